The zero-order chi connectivity index (χ0) is 75.4. The van der Waals surface area contributed by atoms with E-state index in [0.29, 0.717) is 50.2 Å². The van der Waals surface area contributed by atoms with E-state index in [-0.39, 0.29) is 85.7 Å². The van der Waals surface area contributed by atoms with Gasteiger partial charge in [-0.05, 0) is 103 Å². The van der Waals surface area contributed by atoms with Crippen molar-refractivity contribution in [1.82, 2.24) is 0 Å². The number of hydrogen-bond donors (Lipinski definition) is 8. The number of rotatable bonds is 28. The molecule has 532 valence electrons. The number of nitro groups is 2. The fraction of sp³-hybridized carbons (Fsp3) is 0.197. The molecule has 0 aliphatic carbocycles. The van der Waals surface area contributed by atoms with Crippen molar-refractivity contribution in [2.75, 3.05) is 26.1 Å². The first-order valence-electron chi connectivity index (χ1n) is 29.8. The summed E-state index contributed by atoms with van der Waals surface area (Å²) >= 11 is 11.1. The van der Waals surface area contributed by atoms with Gasteiger partial charge in [-0.2, -0.15) is 8.42 Å². The molecule has 0 aliphatic rings. The number of methoxy groups -OCH3 is 2. The van der Waals surface area contributed by atoms with Gasteiger partial charge in [-0.15, -0.1) is 0 Å². The predicted octanol–water partition coefficient (Wildman–Crippen LogP) is 13.7. The minimum Gasteiger partial charge on any atom is -0.497 e. The molecule has 8 N–H and O–H groups in total. The number of aromatic carboxylic acids is 2. The average Bonchev–Trinajstić information content (AvgIpc) is 0.811. The van der Waals surface area contributed by atoms with Crippen molar-refractivity contribution >= 4 is 104 Å². The van der Waals surface area contributed by atoms with Crippen molar-refractivity contribution in [2.24, 2.45) is 5.92 Å². The van der Waals surface area contributed by atoms with Gasteiger partial charge in [-0.1, -0.05) is 145 Å². The van der Waals surface area contributed by atoms with Gasteiger partial charge in [0.25, 0.3) is 21.5 Å². The number of aryl methyl sites for hydroxylation is 1. The van der Waals surface area contributed by atoms with Crippen LogP contribution in [-0.2, 0) is 42.1 Å². The molecule has 8 aromatic carbocycles. The number of Topliss-reactive ketones (excluding diaryl/α,β-unsaturated/α-hetero) is 3. The molecule has 0 fully saturated rings. The fourth-order valence-electron chi connectivity index (χ4n) is 8.74. The molecule has 0 unspecified atom stereocenters. The number of ether oxygens (including phenoxy) is 2. The summed E-state index contributed by atoms with van der Waals surface area (Å²) in [6.07, 6.45) is 1.12. The van der Waals surface area contributed by atoms with Crippen LogP contribution >= 0.6 is 23.2 Å². The van der Waals surface area contributed by atoms with Gasteiger partial charge < -0.3 is 45.4 Å². The Bertz CT molecular complexity index is 4200. The van der Waals surface area contributed by atoms with E-state index in [1.807, 2.05) is 42.5 Å². The first-order chi connectivity index (χ1) is 47.7. The van der Waals surface area contributed by atoms with E-state index in [2.05, 4.69) is 17.4 Å². The maximum absolute atomic E-state index is 12.1. The van der Waals surface area contributed by atoms with E-state index < -0.39 is 78.0 Å². The molecule has 8 aromatic rings. The van der Waals surface area contributed by atoms with E-state index in [4.69, 9.17) is 62.8 Å². The van der Waals surface area contributed by atoms with E-state index in [1.165, 1.54) is 69.2 Å². The Kier molecular flexibility index (Phi) is 35.4. The van der Waals surface area contributed by atoms with Gasteiger partial charge in [-0.25, -0.2) is 9.59 Å². The van der Waals surface area contributed by atoms with Crippen LogP contribution < -0.4 is 14.8 Å². The number of anilines is 1. The molecular formula is C71H69Cl2N3O24S. The third-order valence-electron chi connectivity index (χ3n) is 13.5. The number of ketones is 3. The predicted molar refractivity (Wildman–Crippen MR) is 371 cm³/mol. The molecule has 0 heterocycles. The molecule has 101 heavy (non-hydrogen) atoms. The Morgan fingerprint density at radius 2 is 0.980 bits per heavy atom. The molecule has 0 radical (unpaired) electrons. The summed E-state index contributed by atoms with van der Waals surface area (Å²) < 4.78 is 39.9. The lowest BCUT2D eigenvalue weighted by Crippen LogP contribution is -2.21. The number of hydrogen-bond acceptors (Lipinski definition) is 18. The second-order valence-corrected chi connectivity index (χ2v) is 23.5. The number of carbonyl (C=O) groups excluding carboxylic acids is 3. The van der Waals surface area contributed by atoms with E-state index >= 15 is 0 Å². The molecule has 0 atom stereocenters. The van der Waals surface area contributed by atoms with Crippen LogP contribution in [-0.4, -0.2) is 127 Å². The largest absolute Gasteiger partial charge is 0.497 e. The number of nitro benzene ring substituents is 2. The number of nitrogens with one attached hydrogen (secondary N) is 1. The van der Waals surface area contributed by atoms with Crippen molar-refractivity contribution in [3.8, 4) is 11.5 Å². The molecule has 0 aromatic heterocycles. The zero-order valence-electron chi connectivity index (χ0n) is 54.2. The number of carboxylic acid groups (broad SMARTS) is 6. The van der Waals surface area contributed by atoms with Gasteiger partial charge in [-0.3, -0.25) is 58.3 Å². The Labute approximate surface area is 588 Å². The van der Waals surface area contributed by atoms with Gasteiger partial charge in [0.2, 0.25) is 0 Å². The quantitative estimate of drug-likeness (QED) is 0.00742. The van der Waals surface area contributed by atoms with Crippen LogP contribution in [0.5, 0.6) is 11.5 Å². The molecule has 30 heteroatoms. The Hall–Kier alpha value is -11.7. The minimum atomic E-state index is -4.32. The van der Waals surface area contributed by atoms with Crippen molar-refractivity contribution in [3.63, 3.8) is 0 Å². The van der Waals surface area contributed by atoms with Gasteiger partial charge >= 0.3 is 35.8 Å². The first kappa shape index (κ1) is 83.5. The fourth-order valence-corrected chi connectivity index (χ4v) is 9.79. The SMILES string of the molecule is COc1ccc(OC)c(C(=O)CCCC(=O)O)c1.Cc1cc([N+](=O)[O-])c(NCCCC(=O)O)c([N+](=O)[O-])c1.O=C(CC(CC(=O)c1ccccc1)C(=O)O)c1ccccc1.O=C(O)Cc1cccc(Cc2ccccc2)c1.O=C(O)c1cc(Cl)cc(Cl)c1.O=C(O)c1cccc(S(=O)(=O)O)c1. The number of carbonyl (C=O) groups is 9. The second-order valence-electron chi connectivity index (χ2n) is 21.2. The van der Waals surface area contributed by atoms with Crippen LogP contribution in [0.25, 0.3) is 0 Å². The molecule has 0 saturated heterocycles. The van der Waals surface area contributed by atoms with Crippen LogP contribution in [0, 0.1) is 33.1 Å². The molecule has 0 saturated carbocycles. The lowest BCUT2D eigenvalue weighted by molar-refractivity contribution is -0.392. The maximum Gasteiger partial charge on any atom is 0.335 e. The van der Waals surface area contributed by atoms with Crippen molar-refractivity contribution in [1.29, 1.82) is 0 Å². The van der Waals surface area contributed by atoms with Crippen molar-refractivity contribution < 1.29 is 106 Å². The molecule has 0 amide bonds. The number of halogens is 2. The van der Waals surface area contributed by atoms with Gasteiger partial charge in [0, 0.05) is 72.0 Å². The van der Waals surface area contributed by atoms with Crippen LogP contribution in [0.15, 0.2) is 193 Å². The highest BCUT2D eigenvalue weighted by Gasteiger charge is 2.27. The van der Waals surface area contributed by atoms with E-state index in [9.17, 15) is 76.9 Å². The van der Waals surface area contributed by atoms with Crippen LogP contribution in [0.3, 0.4) is 0 Å². The highest BCUT2D eigenvalue weighted by atomic mass is 35.5. The standard InChI is InChI=1S/C18H16O4.C15H14O2.C13H16O5.C11H13N3O6.C7H4Cl2O2.C7H6O5S/c19-16(13-7-3-1-4-8-13)11-15(18(21)22)12-17(20)14-9-5-2-6-10-14;16-15(17)11-14-8-4-7-13(10-14)9-12-5-2-1-3-6-12;1-17-9-6-7-12(18-2)10(8-9)11(14)4-3-5-13(15)16;1-7-5-8(13(17)18)11(9(6-7)14(19)20)12-4-2-3-10(15)16;8-5-1-4(7(10)11)2-6(9)3-5;8-7(9)5-2-1-3-6(4-5)13(10,11)12/h1-10,15H,11-12H2,(H,21,22);1-8,10H,9,11H2,(H,16,17);6-8H,3-5H2,1-2H3,(H,15,16);5-6,12H,2-4H2,1H3,(H,15,16);1-3H,(H,10,11);1-4H,(H,8,9)(H,10,11,12). The third kappa shape index (κ3) is 31.6. The van der Waals surface area contributed by atoms with E-state index in [0.717, 1.165) is 29.7 Å². The van der Waals surface area contributed by atoms with Crippen LogP contribution in [0.1, 0.15) is 119 Å². The smallest absolute Gasteiger partial charge is 0.335 e. The third-order valence-corrected chi connectivity index (χ3v) is 14.8. The molecule has 0 spiro atoms. The first-order valence-corrected chi connectivity index (χ1v) is 32.0. The molecule has 8 rings (SSSR count). The molecule has 0 bridgehead atoms. The summed E-state index contributed by atoms with van der Waals surface area (Å²) in [6.45, 7) is 1.62. The summed E-state index contributed by atoms with van der Waals surface area (Å²) in [6, 6.07) is 51.0. The Morgan fingerprint density at radius 1 is 0.505 bits per heavy atom. The number of benzene rings is 8. The Balaban J connectivity index is 0.000000319. The number of carboxylic acids is 6. The topological polar surface area (TPSA) is 446 Å². The number of nitrogens with zero attached hydrogens (tertiary/aromatic N) is 2. The lowest BCUT2D eigenvalue weighted by Gasteiger charge is -2.11. The molecule has 27 nitrogen and oxygen atoms in total. The van der Waals surface area contributed by atoms with Gasteiger partial charge in [0.05, 0.1) is 58.0 Å². The van der Waals surface area contributed by atoms with Crippen LogP contribution in [0.2, 0.25) is 10.0 Å². The van der Waals surface area contributed by atoms with Gasteiger partial charge in [0.15, 0.2) is 23.0 Å². The lowest BCUT2D eigenvalue weighted by atomic mass is 9.92. The van der Waals surface area contributed by atoms with E-state index in [1.54, 1.807) is 78.9 Å². The summed E-state index contributed by atoms with van der Waals surface area (Å²) in [5.74, 6) is -6.76. The summed E-state index contributed by atoms with van der Waals surface area (Å²) in [5, 5.41) is 77.2. The average molecular weight is 1450 g/mol. The minimum absolute atomic E-state index is 0.0158. The second kappa shape index (κ2) is 42.8. The van der Waals surface area contributed by atoms with Crippen LogP contribution in [0.4, 0.5) is 17.1 Å². The highest BCUT2D eigenvalue weighted by Crippen LogP contribution is 2.36. The highest BCUT2D eigenvalue weighted by molar-refractivity contribution is 7.85. The summed E-state index contributed by atoms with van der Waals surface area (Å²) in [4.78, 5) is 120. The van der Waals surface area contributed by atoms with Gasteiger partial charge in [0.1, 0.15) is 11.5 Å². The van der Waals surface area contributed by atoms with Crippen molar-refractivity contribution in [3.05, 3.63) is 268 Å². The van der Waals surface area contributed by atoms with Crippen molar-refractivity contribution in [2.45, 2.75) is 69.6 Å². The summed E-state index contributed by atoms with van der Waals surface area (Å²) in [5.41, 5.74) is 3.90. The normalized spacial score (nSPS) is 10.2. The molecule has 0 aliphatic heterocycles. The summed E-state index contributed by atoms with van der Waals surface area (Å²) in [7, 11) is -1.33. The monoisotopic (exact) mass is 1450 g/mol. The maximum atomic E-state index is 12.1. The Morgan fingerprint density at radius 3 is 1.44 bits per heavy atom. The number of aliphatic carboxylic acids is 4. The molecular weight excluding hydrogens is 1380 g/mol. The zero-order valence-corrected chi connectivity index (χ0v) is 56.5.